The molecule has 19 heavy (non-hydrogen) atoms. The Kier molecular flexibility index (Phi) is 3.61. The molecule has 0 amide bonds. The van der Waals surface area contributed by atoms with E-state index in [0.29, 0.717) is 0 Å². The fourth-order valence-corrected chi connectivity index (χ4v) is 1.65. The number of nitrogens with zero attached hydrogens (tertiary/aromatic N) is 2. The van der Waals surface area contributed by atoms with E-state index in [0.717, 1.165) is 5.56 Å². The van der Waals surface area contributed by atoms with Gasteiger partial charge in [0.2, 0.25) is 0 Å². The number of hydrogen-bond donors (Lipinski definition) is 1. The van der Waals surface area contributed by atoms with Gasteiger partial charge in [0.05, 0.1) is 13.7 Å². The number of ether oxygens (including phenoxy) is 1. The van der Waals surface area contributed by atoms with Crippen molar-refractivity contribution in [3.05, 3.63) is 58.1 Å². The largest absolute Gasteiger partial charge is 0.477 e. The zero-order chi connectivity index (χ0) is 13.8. The van der Waals surface area contributed by atoms with Crippen molar-refractivity contribution >= 4 is 5.97 Å². The van der Waals surface area contributed by atoms with Crippen molar-refractivity contribution in [3.8, 4) is 5.88 Å². The molecule has 0 radical (unpaired) electrons. The Hall–Kier alpha value is -2.63. The highest BCUT2D eigenvalue weighted by Gasteiger charge is 2.13. The average molecular weight is 260 g/mol. The fraction of sp³-hybridized carbons (Fsp3) is 0.154. The second kappa shape index (κ2) is 5.34. The molecule has 1 aromatic heterocycles. The van der Waals surface area contributed by atoms with Crippen LogP contribution in [-0.4, -0.2) is 27.7 Å². The molecule has 2 rings (SSSR count). The zero-order valence-corrected chi connectivity index (χ0v) is 10.2. The summed E-state index contributed by atoms with van der Waals surface area (Å²) in [6, 6.07) is 9.25. The maximum Gasteiger partial charge on any atom is 0.356 e. The molecule has 6 heteroatoms. The number of carboxylic acid groups (broad SMARTS) is 1. The summed E-state index contributed by atoms with van der Waals surface area (Å²) in [5, 5.41) is 8.95. The molecule has 0 aliphatic rings. The maximum absolute atomic E-state index is 12.0. The van der Waals surface area contributed by atoms with E-state index in [2.05, 4.69) is 4.98 Å². The van der Waals surface area contributed by atoms with Gasteiger partial charge in [-0.2, -0.15) is 4.98 Å². The van der Waals surface area contributed by atoms with Gasteiger partial charge in [0.15, 0.2) is 5.69 Å². The minimum Gasteiger partial charge on any atom is -0.477 e. The Morgan fingerprint density at radius 3 is 2.63 bits per heavy atom. The van der Waals surface area contributed by atoms with E-state index >= 15 is 0 Å². The summed E-state index contributed by atoms with van der Waals surface area (Å²) in [5.41, 5.74) is 0.193. The minimum atomic E-state index is -1.21. The minimum absolute atomic E-state index is 0.226. The number of rotatable bonds is 4. The molecule has 0 saturated heterocycles. The van der Waals surface area contributed by atoms with Gasteiger partial charge in [0.25, 0.3) is 5.88 Å². The first-order valence-corrected chi connectivity index (χ1v) is 5.54. The standard InChI is InChI=1S/C13H12N2O4/c1-19-11-12(16)15(8-10(14-11)13(17)18)7-9-5-3-2-4-6-9/h2-6,8H,7H2,1H3,(H,17,18). The highest BCUT2D eigenvalue weighted by Crippen LogP contribution is 2.05. The van der Waals surface area contributed by atoms with Crippen LogP contribution in [0.2, 0.25) is 0 Å². The van der Waals surface area contributed by atoms with E-state index in [-0.39, 0.29) is 18.1 Å². The molecule has 1 N–H and O–H groups in total. The van der Waals surface area contributed by atoms with Gasteiger partial charge < -0.3 is 14.4 Å². The molecular weight excluding hydrogens is 248 g/mol. The van der Waals surface area contributed by atoms with Crippen molar-refractivity contribution in [1.82, 2.24) is 9.55 Å². The second-order valence-electron chi connectivity index (χ2n) is 3.86. The Bertz CT molecular complexity index is 649. The Labute approximate surface area is 108 Å². The van der Waals surface area contributed by atoms with Gasteiger partial charge in [-0.1, -0.05) is 30.3 Å². The molecule has 6 nitrogen and oxygen atoms in total. The molecule has 0 saturated carbocycles. The lowest BCUT2D eigenvalue weighted by molar-refractivity contribution is 0.0688. The number of methoxy groups -OCH3 is 1. The van der Waals surface area contributed by atoms with Crippen molar-refractivity contribution in [2.24, 2.45) is 0 Å². The van der Waals surface area contributed by atoms with Crippen LogP contribution >= 0.6 is 0 Å². The number of aromatic carboxylic acids is 1. The summed E-state index contributed by atoms with van der Waals surface area (Å²) >= 11 is 0. The summed E-state index contributed by atoms with van der Waals surface area (Å²) in [6.45, 7) is 0.263. The SMILES string of the molecule is COc1nc(C(=O)O)cn(Cc2ccccc2)c1=O. The number of benzene rings is 1. The molecule has 1 heterocycles. The van der Waals surface area contributed by atoms with Crippen LogP contribution in [-0.2, 0) is 6.54 Å². The predicted octanol–water partition coefficient (Wildman–Crippen LogP) is 0.998. The van der Waals surface area contributed by atoms with E-state index in [4.69, 9.17) is 9.84 Å². The number of hydrogen-bond acceptors (Lipinski definition) is 4. The molecule has 0 spiro atoms. The summed E-state index contributed by atoms with van der Waals surface area (Å²) in [6.07, 6.45) is 1.21. The van der Waals surface area contributed by atoms with E-state index < -0.39 is 11.5 Å². The Morgan fingerprint density at radius 1 is 1.37 bits per heavy atom. The summed E-state index contributed by atoms with van der Waals surface area (Å²) < 4.78 is 6.07. The van der Waals surface area contributed by atoms with Crippen LogP contribution < -0.4 is 10.3 Å². The second-order valence-corrected chi connectivity index (χ2v) is 3.86. The lowest BCUT2D eigenvalue weighted by Gasteiger charge is -2.08. The lowest BCUT2D eigenvalue weighted by Crippen LogP contribution is -2.25. The third-order valence-electron chi connectivity index (χ3n) is 2.55. The Balaban J connectivity index is 2.47. The first-order chi connectivity index (χ1) is 9.11. The van der Waals surface area contributed by atoms with Crippen LogP contribution in [0.1, 0.15) is 16.1 Å². The number of aromatic nitrogens is 2. The fourth-order valence-electron chi connectivity index (χ4n) is 1.65. The van der Waals surface area contributed by atoms with Gasteiger partial charge in [0.1, 0.15) is 0 Å². The van der Waals surface area contributed by atoms with Crippen molar-refractivity contribution < 1.29 is 14.6 Å². The highest BCUT2D eigenvalue weighted by atomic mass is 16.5. The van der Waals surface area contributed by atoms with Crippen LogP contribution in [0.15, 0.2) is 41.3 Å². The Morgan fingerprint density at radius 2 is 2.05 bits per heavy atom. The van der Waals surface area contributed by atoms with Crippen molar-refractivity contribution in [2.75, 3.05) is 7.11 Å². The van der Waals surface area contributed by atoms with E-state index in [1.807, 2.05) is 30.3 Å². The van der Waals surface area contributed by atoms with Gasteiger partial charge in [-0.25, -0.2) is 4.79 Å². The predicted molar refractivity (Wildman–Crippen MR) is 67.6 cm³/mol. The van der Waals surface area contributed by atoms with Crippen LogP contribution in [0.5, 0.6) is 5.88 Å². The van der Waals surface area contributed by atoms with Crippen molar-refractivity contribution in [3.63, 3.8) is 0 Å². The maximum atomic E-state index is 12.0. The molecule has 1 aromatic carbocycles. The van der Waals surface area contributed by atoms with E-state index in [1.165, 1.54) is 17.9 Å². The van der Waals surface area contributed by atoms with E-state index in [1.54, 1.807) is 0 Å². The van der Waals surface area contributed by atoms with Crippen LogP contribution in [0, 0.1) is 0 Å². The molecule has 0 atom stereocenters. The summed E-state index contributed by atoms with van der Waals surface area (Å²) in [7, 11) is 1.28. The first kappa shape index (κ1) is 12.8. The van der Waals surface area contributed by atoms with Gasteiger partial charge in [-0.05, 0) is 5.56 Å². The van der Waals surface area contributed by atoms with Crippen LogP contribution in [0.25, 0.3) is 0 Å². The molecule has 0 aliphatic carbocycles. The normalized spacial score (nSPS) is 10.2. The molecular formula is C13H12N2O4. The lowest BCUT2D eigenvalue weighted by atomic mass is 10.2. The molecule has 2 aromatic rings. The average Bonchev–Trinajstić information content (AvgIpc) is 2.42. The third kappa shape index (κ3) is 2.79. The monoisotopic (exact) mass is 260 g/mol. The topological polar surface area (TPSA) is 81.4 Å². The molecule has 0 bridgehead atoms. The zero-order valence-electron chi connectivity index (χ0n) is 10.2. The van der Waals surface area contributed by atoms with Crippen molar-refractivity contribution in [1.29, 1.82) is 0 Å². The first-order valence-electron chi connectivity index (χ1n) is 5.54. The summed E-state index contributed by atoms with van der Waals surface area (Å²) in [5.74, 6) is -1.43. The van der Waals surface area contributed by atoms with Gasteiger partial charge in [-0.15, -0.1) is 0 Å². The van der Waals surface area contributed by atoms with Gasteiger partial charge in [0, 0.05) is 6.20 Å². The quantitative estimate of drug-likeness (QED) is 0.886. The molecule has 98 valence electrons. The highest BCUT2D eigenvalue weighted by molar-refractivity contribution is 5.85. The van der Waals surface area contributed by atoms with Gasteiger partial charge >= 0.3 is 11.5 Å². The van der Waals surface area contributed by atoms with Crippen molar-refractivity contribution in [2.45, 2.75) is 6.54 Å². The van der Waals surface area contributed by atoms with Gasteiger partial charge in [-0.3, -0.25) is 4.79 Å². The third-order valence-corrected chi connectivity index (χ3v) is 2.55. The van der Waals surface area contributed by atoms with Crippen LogP contribution in [0.4, 0.5) is 0 Å². The van der Waals surface area contributed by atoms with Crippen LogP contribution in [0.3, 0.4) is 0 Å². The number of carboxylic acids is 1. The molecule has 0 unspecified atom stereocenters. The number of carbonyl (C=O) groups is 1. The molecule has 0 fully saturated rings. The van der Waals surface area contributed by atoms with E-state index in [9.17, 15) is 9.59 Å². The smallest absolute Gasteiger partial charge is 0.356 e. The summed E-state index contributed by atoms with van der Waals surface area (Å²) in [4.78, 5) is 26.6. The molecule has 0 aliphatic heterocycles.